The van der Waals surface area contributed by atoms with Crippen molar-refractivity contribution in [3.63, 3.8) is 0 Å². The van der Waals surface area contributed by atoms with Crippen molar-refractivity contribution in [2.75, 3.05) is 14.2 Å². The third-order valence-corrected chi connectivity index (χ3v) is 5.59. The van der Waals surface area contributed by atoms with Gasteiger partial charge in [-0.2, -0.15) is 0 Å². The summed E-state index contributed by atoms with van der Waals surface area (Å²) in [7, 11) is -0.127. The Balaban J connectivity index is 2.29. The third kappa shape index (κ3) is 3.75. The molecule has 0 aromatic heterocycles. The summed E-state index contributed by atoms with van der Waals surface area (Å²) in [5, 5.41) is 3.02. The van der Waals surface area contributed by atoms with Crippen LogP contribution in [-0.4, -0.2) is 28.1 Å². The molecule has 21 heavy (non-hydrogen) atoms. The summed E-state index contributed by atoms with van der Waals surface area (Å²) < 4.78 is 33.2. The van der Waals surface area contributed by atoms with Crippen LogP contribution in [0.15, 0.2) is 23.1 Å². The van der Waals surface area contributed by atoms with Gasteiger partial charge in [-0.1, -0.05) is 0 Å². The topological polar surface area (TPSA) is 67.4 Å². The Kier molecular flexibility index (Phi) is 4.60. The van der Waals surface area contributed by atoms with Crippen LogP contribution in [0.2, 0.25) is 0 Å². The van der Waals surface area contributed by atoms with Crippen LogP contribution in [-0.2, 0) is 16.6 Å². The molecule has 6 heteroatoms. The minimum atomic E-state index is -3.52. The maximum Gasteiger partial charge on any atom is 0.241 e. The van der Waals surface area contributed by atoms with Gasteiger partial charge in [0.15, 0.2) is 0 Å². The zero-order valence-corrected chi connectivity index (χ0v) is 13.9. The molecule has 0 bridgehead atoms. The molecule has 2 rings (SSSR count). The molecule has 118 valence electrons. The quantitative estimate of drug-likeness (QED) is 0.807. The predicted molar refractivity (Wildman–Crippen MR) is 82.9 cm³/mol. The van der Waals surface area contributed by atoms with E-state index in [4.69, 9.17) is 4.74 Å². The third-order valence-electron chi connectivity index (χ3n) is 3.92. The van der Waals surface area contributed by atoms with Crippen LogP contribution in [0, 0.1) is 5.92 Å². The van der Waals surface area contributed by atoms with E-state index in [-0.39, 0.29) is 4.90 Å². The molecule has 1 aliphatic rings. The minimum absolute atomic E-state index is 0.280. The Morgan fingerprint density at radius 1 is 1.33 bits per heavy atom. The molecule has 0 saturated heterocycles. The molecular formula is C15H24N2O3S. The normalized spacial score (nSPS) is 16.0. The second-order valence-corrected chi connectivity index (χ2v) is 7.79. The fraction of sp³-hybridized carbons (Fsp3) is 0.600. The van der Waals surface area contributed by atoms with E-state index >= 15 is 0 Å². The predicted octanol–water partition coefficient (Wildman–Crippen LogP) is 1.88. The highest BCUT2D eigenvalue weighted by molar-refractivity contribution is 7.89. The molecule has 0 spiro atoms. The highest BCUT2D eigenvalue weighted by Gasteiger charge is 2.40. The van der Waals surface area contributed by atoms with Crippen molar-refractivity contribution >= 4 is 10.0 Å². The number of benzene rings is 1. The lowest BCUT2D eigenvalue weighted by Gasteiger charge is -2.26. The van der Waals surface area contributed by atoms with Crippen LogP contribution < -0.4 is 14.8 Å². The number of methoxy groups -OCH3 is 1. The maximum absolute atomic E-state index is 12.6. The standard InChI is InChI=1S/C15H24N2O3S/c1-15(2,12-5-6-12)17-21(18,19)13-7-8-14(20-4)11(9-13)10-16-3/h7-9,12,16-17H,5-6,10H2,1-4H3. The minimum Gasteiger partial charge on any atom is -0.496 e. The maximum atomic E-state index is 12.6. The molecule has 1 fully saturated rings. The number of ether oxygens (including phenoxy) is 1. The zero-order valence-electron chi connectivity index (χ0n) is 13.1. The van der Waals surface area contributed by atoms with Crippen molar-refractivity contribution in [1.82, 2.24) is 10.0 Å². The second-order valence-electron chi connectivity index (χ2n) is 6.11. The van der Waals surface area contributed by atoms with E-state index in [1.807, 2.05) is 20.9 Å². The smallest absolute Gasteiger partial charge is 0.241 e. The molecule has 1 saturated carbocycles. The second kappa shape index (κ2) is 5.94. The Labute approximate surface area is 127 Å². The number of hydrogen-bond donors (Lipinski definition) is 2. The molecule has 0 radical (unpaired) electrons. The summed E-state index contributed by atoms with van der Waals surface area (Å²) in [6.45, 7) is 4.44. The van der Waals surface area contributed by atoms with E-state index in [9.17, 15) is 8.42 Å². The highest BCUT2D eigenvalue weighted by Crippen LogP contribution is 2.40. The monoisotopic (exact) mass is 312 g/mol. The van der Waals surface area contributed by atoms with Gasteiger partial charge in [0.25, 0.3) is 0 Å². The molecule has 0 heterocycles. The van der Waals surface area contributed by atoms with E-state index in [1.165, 1.54) is 0 Å². The van der Waals surface area contributed by atoms with Gasteiger partial charge in [-0.25, -0.2) is 13.1 Å². The van der Waals surface area contributed by atoms with Crippen molar-refractivity contribution in [2.24, 2.45) is 5.92 Å². The molecule has 0 aliphatic heterocycles. The highest BCUT2D eigenvalue weighted by atomic mass is 32.2. The lowest BCUT2D eigenvalue weighted by molar-refractivity contribution is 0.400. The van der Waals surface area contributed by atoms with Gasteiger partial charge in [-0.05, 0) is 57.9 Å². The Hall–Kier alpha value is -1.11. The first-order valence-electron chi connectivity index (χ1n) is 7.15. The van der Waals surface area contributed by atoms with Gasteiger partial charge in [0.1, 0.15) is 5.75 Å². The summed E-state index contributed by atoms with van der Waals surface area (Å²) in [5.41, 5.74) is 0.425. The van der Waals surface area contributed by atoms with Gasteiger partial charge in [-0.15, -0.1) is 0 Å². The number of nitrogens with one attached hydrogen (secondary N) is 2. The van der Waals surface area contributed by atoms with Gasteiger partial charge in [0, 0.05) is 17.6 Å². The first kappa shape index (κ1) is 16.3. The van der Waals surface area contributed by atoms with Crippen LogP contribution in [0.3, 0.4) is 0 Å². The average Bonchev–Trinajstić information content (AvgIpc) is 3.22. The SMILES string of the molecule is CNCc1cc(S(=O)(=O)NC(C)(C)C2CC2)ccc1OC. The fourth-order valence-electron chi connectivity index (χ4n) is 2.54. The summed E-state index contributed by atoms with van der Waals surface area (Å²) >= 11 is 0. The molecule has 1 aromatic carbocycles. The van der Waals surface area contributed by atoms with E-state index < -0.39 is 15.6 Å². The van der Waals surface area contributed by atoms with Gasteiger partial charge in [0.2, 0.25) is 10.0 Å². The van der Waals surface area contributed by atoms with E-state index in [1.54, 1.807) is 25.3 Å². The molecular weight excluding hydrogens is 288 g/mol. The van der Waals surface area contributed by atoms with Crippen LogP contribution in [0.1, 0.15) is 32.3 Å². The summed E-state index contributed by atoms with van der Waals surface area (Å²) in [4.78, 5) is 0.280. The average molecular weight is 312 g/mol. The van der Waals surface area contributed by atoms with Gasteiger partial charge in [-0.3, -0.25) is 0 Å². The van der Waals surface area contributed by atoms with Gasteiger partial charge >= 0.3 is 0 Å². The van der Waals surface area contributed by atoms with E-state index in [0.29, 0.717) is 18.2 Å². The Morgan fingerprint density at radius 3 is 2.52 bits per heavy atom. The lowest BCUT2D eigenvalue weighted by Crippen LogP contribution is -2.45. The van der Waals surface area contributed by atoms with Crippen molar-refractivity contribution in [2.45, 2.75) is 43.7 Å². The van der Waals surface area contributed by atoms with Gasteiger partial charge in [0.05, 0.1) is 12.0 Å². The largest absolute Gasteiger partial charge is 0.496 e. The van der Waals surface area contributed by atoms with Crippen LogP contribution in [0.25, 0.3) is 0 Å². The summed E-state index contributed by atoms with van der Waals surface area (Å²) in [6, 6.07) is 4.95. The Bertz CT molecular complexity index is 607. The zero-order chi connectivity index (χ0) is 15.7. The van der Waals surface area contributed by atoms with Crippen LogP contribution >= 0.6 is 0 Å². The molecule has 0 amide bonds. The van der Waals surface area contributed by atoms with Crippen molar-refractivity contribution < 1.29 is 13.2 Å². The van der Waals surface area contributed by atoms with E-state index in [0.717, 1.165) is 18.4 Å². The molecule has 0 unspecified atom stereocenters. The van der Waals surface area contributed by atoms with Gasteiger partial charge < -0.3 is 10.1 Å². The molecule has 1 aromatic rings. The molecule has 5 nitrogen and oxygen atoms in total. The van der Waals surface area contributed by atoms with Crippen molar-refractivity contribution in [3.8, 4) is 5.75 Å². The molecule has 0 atom stereocenters. The van der Waals surface area contributed by atoms with Crippen LogP contribution in [0.4, 0.5) is 0 Å². The molecule has 2 N–H and O–H groups in total. The van der Waals surface area contributed by atoms with Crippen molar-refractivity contribution in [3.05, 3.63) is 23.8 Å². The number of sulfonamides is 1. The first-order valence-corrected chi connectivity index (χ1v) is 8.64. The lowest BCUT2D eigenvalue weighted by atomic mass is 10.0. The van der Waals surface area contributed by atoms with Crippen molar-refractivity contribution in [1.29, 1.82) is 0 Å². The first-order chi connectivity index (χ1) is 9.80. The summed E-state index contributed by atoms with van der Waals surface area (Å²) in [5.74, 6) is 1.12. The number of hydrogen-bond acceptors (Lipinski definition) is 4. The Morgan fingerprint density at radius 2 is 2.00 bits per heavy atom. The molecule has 1 aliphatic carbocycles. The number of rotatable bonds is 7. The van der Waals surface area contributed by atoms with Crippen LogP contribution in [0.5, 0.6) is 5.75 Å². The fourth-order valence-corrected chi connectivity index (χ4v) is 4.07. The van der Waals surface area contributed by atoms with E-state index in [2.05, 4.69) is 10.0 Å². The summed E-state index contributed by atoms with van der Waals surface area (Å²) in [6.07, 6.45) is 2.17.